The van der Waals surface area contributed by atoms with E-state index < -0.39 is 10.0 Å². The Bertz CT molecular complexity index is 475. The quantitative estimate of drug-likeness (QED) is 0.843. The van der Waals surface area contributed by atoms with Gasteiger partial charge >= 0.3 is 0 Å². The van der Waals surface area contributed by atoms with Gasteiger partial charge in [-0.25, -0.2) is 13.1 Å². The summed E-state index contributed by atoms with van der Waals surface area (Å²) < 4.78 is 26.8. The Morgan fingerprint density at radius 1 is 1.33 bits per heavy atom. The van der Waals surface area contributed by atoms with Crippen LogP contribution in [-0.2, 0) is 16.6 Å². The third-order valence-electron chi connectivity index (χ3n) is 3.38. The molecule has 0 saturated heterocycles. The lowest BCUT2D eigenvalue weighted by Gasteiger charge is -2.09. The molecule has 1 aromatic heterocycles. The van der Waals surface area contributed by atoms with Crippen LogP contribution in [0.15, 0.2) is 16.3 Å². The smallest absolute Gasteiger partial charge is 0.250 e. The minimum atomic E-state index is -3.38. The fourth-order valence-corrected chi connectivity index (χ4v) is 4.66. The van der Waals surface area contributed by atoms with Crippen LogP contribution in [0.1, 0.15) is 37.0 Å². The lowest BCUT2D eigenvalue weighted by atomic mass is 10.1. The van der Waals surface area contributed by atoms with E-state index in [0.29, 0.717) is 17.3 Å². The summed E-state index contributed by atoms with van der Waals surface area (Å²) in [5.74, 6) is 0.684. The minimum Gasteiger partial charge on any atom is -0.391 e. The van der Waals surface area contributed by atoms with Crippen molar-refractivity contribution in [2.45, 2.75) is 42.9 Å². The lowest BCUT2D eigenvalue weighted by Crippen LogP contribution is -2.25. The second-order valence-electron chi connectivity index (χ2n) is 4.72. The average Bonchev–Trinajstić information content (AvgIpc) is 2.99. The van der Waals surface area contributed by atoms with Crippen LogP contribution < -0.4 is 4.72 Å². The highest BCUT2D eigenvalue weighted by molar-refractivity contribution is 7.91. The molecule has 6 heteroatoms. The average molecular weight is 289 g/mol. The number of aliphatic hydroxyl groups is 1. The van der Waals surface area contributed by atoms with Crippen LogP contribution >= 0.6 is 11.3 Å². The molecule has 1 fully saturated rings. The van der Waals surface area contributed by atoms with Gasteiger partial charge in [0, 0.05) is 11.4 Å². The summed E-state index contributed by atoms with van der Waals surface area (Å²) >= 11 is 1.12. The summed E-state index contributed by atoms with van der Waals surface area (Å²) in [6.07, 6.45) is 5.95. The molecule has 1 heterocycles. The van der Waals surface area contributed by atoms with Crippen molar-refractivity contribution in [2.75, 3.05) is 6.54 Å². The van der Waals surface area contributed by atoms with Crippen LogP contribution in [0.25, 0.3) is 0 Å². The first kappa shape index (κ1) is 14.0. The molecule has 0 spiro atoms. The Kier molecular flexibility index (Phi) is 4.77. The van der Waals surface area contributed by atoms with Gasteiger partial charge in [-0.15, -0.1) is 11.3 Å². The Morgan fingerprint density at radius 3 is 2.67 bits per heavy atom. The summed E-state index contributed by atoms with van der Waals surface area (Å²) in [6.45, 7) is 0.404. The Hall–Kier alpha value is -0.430. The van der Waals surface area contributed by atoms with Crippen molar-refractivity contribution < 1.29 is 13.5 Å². The summed E-state index contributed by atoms with van der Waals surface area (Å²) in [7, 11) is -3.38. The van der Waals surface area contributed by atoms with E-state index in [-0.39, 0.29) is 10.8 Å². The van der Waals surface area contributed by atoms with Crippen LogP contribution in [0, 0.1) is 5.92 Å². The zero-order valence-electron chi connectivity index (χ0n) is 10.3. The molecule has 18 heavy (non-hydrogen) atoms. The summed E-state index contributed by atoms with van der Waals surface area (Å²) in [5.41, 5.74) is 0. The molecule has 0 aromatic carbocycles. The van der Waals surface area contributed by atoms with Crippen molar-refractivity contribution in [3.05, 3.63) is 17.0 Å². The molecule has 102 valence electrons. The highest BCUT2D eigenvalue weighted by Crippen LogP contribution is 2.27. The van der Waals surface area contributed by atoms with E-state index in [0.717, 1.165) is 17.8 Å². The van der Waals surface area contributed by atoms with Gasteiger partial charge in [-0.3, -0.25) is 0 Å². The predicted octanol–water partition coefficient (Wildman–Crippen LogP) is 2.10. The maximum atomic E-state index is 12.0. The summed E-state index contributed by atoms with van der Waals surface area (Å²) in [5, 5.41) is 8.93. The van der Waals surface area contributed by atoms with Crippen molar-refractivity contribution in [2.24, 2.45) is 5.92 Å². The van der Waals surface area contributed by atoms with Gasteiger partial charge in [0.05, 0.1) is 6.61 Å². The number of thiophene rings is 1. The van der Waals surface area contributed by atoms with Gasteiger partial charge in [-0.05, 0) is 24.5 Å². The topological polar surface area (TPSA) is 66.4 Å². The largest absolute Gasteiger partial charge is 0.391 e. The molecule has 0 amide bonds. The molecule has 0 bridgehead atoms. The van der Waals surface area contributed by atoms with Crippen molar-refractivity contribution in [3.8, 4) is 0 Å². The van der Waals surface area contributed by atoms with Gasteiger partial charge in [0.1, 0.15) is 4.21 Å². The third-order valence-corrected chi connectivity index (χ3v) is 6.40. The molecule has 2 rings (SSSR count). The number of sulfonamides is 1. The lowest BCUT2D eigenvalue weighted by molar-refractivity contribution is 0.285. The van der Waals surface area contributed by atoms with Crippen molar-refractivity contribution in [1.29, 1.82) is 0 Å². The molecule has 1 saturated carbocycles. The van der Waals surface area contributed by atoms with Gasteiger partial charge in [-0.2, -0.15) is 0 Å². The predicted molar refractivity (Wildman–Crippen MR) is 72.0 cm³/mol. The molecule has 1 aromatic rings. The number of nitrogens with one attached hydrogen (secondary N) is 1. The van der Waals surface area contributed by atoms with E-state index in [4.69, 9.17) is 5.11 Å². The molecule has 0 aliphatic heterocycles. The fourth-order valence-electron chi connectivity index (χ4n) is 2.36. The Balaban J connectivity index is 1.86. The van der Waals surface area contributed by atoms with E-state index in [1.807, 2.05) is 0 Å². The van der Waals surface area contributed by atoms with E-state index in [2.05, 4.69) is 4.72 Å². The molecule has 1 aliphatic carbocycles. The highest BCUT2D eigenvalue weighted by Gasteiger charge is 2.18. The van der Waals surface area contributed by atoms with Gasteiger partial charge in [-0.1, -0.05) is 25.7 Å². The van der Waals surface area contributed by atoms with Crippen LogP contribution in [0.4, 0.5) is 0 Å². The van der Waals surface area contributed by atoms with Crippen molar-refractivity contribution in [1.82, 2.24) is 4.72 Å². The summed E-state index contributed by atoms with van der Waals surface area (Å²) in [4.78, 5) is 0.672. The van der Waals surface area contributed by atoms with E-state index in [9.17, 15) is 8.42 Å². The maximum absolute atomic E-state index is 12.0. The Labute approximate surface area is 112 Å². The second kappa shape index (κ2) is 6.14. The molecule has 2 N–H and O–H groups in total. The van der Waals surface area contributed by atoms with Crippen molar-refractivity contribution in [3.63, 3.8) is 0 Å². The fraction of sp³-hybridized carbons (Fsp3) is 0.667. The Morgan fingerprint density at radius 2 is 2.06 bits per heavy atom. The number of rotatable bonds is 6. The van der Waals surface area contributed by atoms with Crippen molar-refractivity contribution >= 4 is 21.4 Å². The highest BCUT2D eigenvalue weighted by atomic mass is 32.2. The van der Waals surface area contributed by atoms with Crippen LogP contribution in [0.3, 0.4) is 0 Å². The molecule has 0 radical (unpaired) electrons. The molecule has 1 aliphatic rings. The first-order chi connectivity index (χ1) is 8.62. The molecular weight excluding hydrogens is 270 g/mol. The number of aliphatic hydroxyl groups excluding tert-OH is 1. The first-order valence-electron chi connectivity index (χ1n) is 6.31. The molecule has 0 atom stereocenters. The van der Waals surface area contributed by atoms with Crippen LogP contribution in [0.2, 0.25) is 0 Å². The van der Waals surface area contributed by atoms with Crippen LogP contribution in [-0.4, -0.2) is 20.1 Å². The third kappa shape index (κ3) is 3.54. The maximum Gasteiger partial charge on any atom is 0.250 e. The van der Waals surface area contributed by atoms with E-state index >= 15 is 0 Å². The molecule has 0 unspecified atom stereocenters. The van der Waals surface area contributed by atoms with Crippen LogP contribution in [0.5, 0.6) is 0 Å². The standard InChI is InChI=1S/C12H19NO3S2/c14-9-11-5-6-12(17-11)18(15,16)13-8-7-10-3-1-2-4-10/h5-6,10,13-14H,1-4,7-9H2. The zero-order valence-corrected chi connectivity index (χ0v) is 11.9. The van der Waals surface area contributed by atoms with E-state index in [1.54, 1.807) is 12.1 Å². The number of hydrogen-bond donors (Lipinski definition) is 2. The second-order valence-corrected chi connectivity index (χ2v) is 7.88. The van der Waals surface area contributed by atoms with E-state index in [1.165, 1.54) is 25.7 Å². The number of hydrogen-bond acceptors (Lipinski definition) is 4. The van der Waals surface area contributed by atoms with Gasteiger partial charge < -0.3 is 5.11 Å². The summed E-state index contributed by atoms with van der Waals surface area (Å²) in [6, 6.07) is 3.20. The van der Waals surface area contributed by atoms with Gasteiger partial charge in [0.25, 0.3) is 0 Å². The normalized spacial score (nSPS) is 17.4. The minimum absolute atomic E-state index is 0.109. The molecular formula is C12H19NO3S2. The first-order valence-corrected chi connectivity index (χ1v) is 8.61. The molecule has 4 nitrogen and oxygen atoms in total. The van der Waals surface area contributed by atoms with Gasteiger partial charge in [0.15, 0.2) is 0 Å². The monoisotopic (exact) mass is 289 g/mol. The zero-order chi connectivity index (χ0) is 13.0. The SMILES string of the molecule is O=S(=O)(NCCC1CCCC1)c1ccc(CO)s1. The van der Waals surface area contributed by atoms with Gasteiger partial charge in [0.2, 0.25) is 10.0 Å².